The summed E-state index contributed by atoms with van der Waals surface area (Å²) in [6.45, 7) is 2.90. The molecule has 0 bridgehead atoms. The Labute approximate surface area is 136 Å². The van der Waals surface area contributed by atoms with Gasteiger partial charge in [0, 0.05) is 31.8 Å². The number of aliphatic hydroxyl groups is 1. The van der Waals surface area contributed by atoms with Crippen LogP contribution in [0, 0.1) is 11.7 Å². The van der Waals surface area contributed by atoms with E-state index in [1.54, 1.807) is 12.1 Å². The van der Waals surface area contributed by atoms with E-state index in [0.29, 0.717) is 18.7 Å². The van der Waals surface area contributed by atoms with Crippen LogP contribution in [0.25, 0.3) is 0 Å². The van der Waals surface area contributed by atoms with Gasteiger partial charge in [0.1, 0.15) is 5.82 Å². The van der Waals surface area contributed by atoms with E-state index in [-0.39, 0.29) is 30.3 Å². The minimum absolute atomic E-state index is 0.146. The molecule has 0 aromatic heterocycles. The average Bonchev–Trinajstić information content (AvgIpc) is 3.04. The Balaban J connectivity index is 1.66. The lowest BCUT2D eigenvalue weighted by atomic mass is 9.98. The molecular weight excluding hydrogens is 295 g/mol. The van der Waals surface area contributed by atoms with Gasteiger partial charge >= 0.3 is 0 Å². The Morgan fingerprint density at radius 3 is 2.78 bits per heavy atom. The van der Waals surface area contributed by atoms with E-state index in [4.69, 9.17) is 0 Å². The number of likely N-dealkylation sites (tertiary alicyclic amines) is 2. The van der Waals surface area contributed by atoms with E-state index in [0.717, 1.165) is 38.8 Å². The first kappa shape index (κ1) is 16.4. The van der Waals surface area contributed by atoms with E-state index in [1.165, 1.54) is 6.07 Å². The van der Waals surface area contributed by atoms with Gasteiger partial charge in [0.2, 0.25) is 5.91 Å². The molecule has 1 aromatic carbocycles. The molecule has 0 saturated carbocycles. The average molecular weight is 320 g/mol. The molecule has 0 radical (unpaired) electrons. The molecule has 1 aromatic rings. The van der Waals surface area contributed by atoms with Gasteiger partial charge in [-0.3, -0.25) is 9.69 Å². The fourth-order valence-electron chi connectivity index (χ4n) is 3.77. The number of carbonyl (C=O) groups excluding carboxylic acids is 1. The monoisotopic (exact) mass is 320 g/mol. The minimum Gasteiger partial charge on any atom is -0.396 e. The summed E-state index contributed by atoms with van der Waals surface area (Å²) in [5, 5.41) is 9.34. The number of amides is 1. The van der Waals surface area contributed by atoms with Crippen LogP contribution < -0.4 is 0 Å². The Bertz CT molecular complexity index is 552. The molecule has 2 heterocycles. The van der Waals surface area contributed by atoms with Crippen LogP contribution in [0.1, 0.15) is 31.2 Å². The summed E-state index contributed by atoms with van der Waals surface area (Å²) in [4.78, 5) is 16.9. The maximum Gasteiger partial charge on any atom is 0.239 e. The van der Waals surface area contributed by atoms with Crippen LogP contribution in [0.3, 0.4) is 0 Å². The van der Waals surface area contributed by atoms with Gasteiger partial charge in [0.25, 0.3) is 0 Å². The molecule has 1 amide bonds. The maximum atomic E-state index is 13.9. The highest BCUT2D eigenvalue weighted by atomic mass is 19.1. The molecule has 2 fully saturated rings. The number of piperidine rings is 1. The molecule has 126 valence electrons. The number of aliphatic hydroxyl groups excluding tert-OH is 1. The molecule has 1 N–H and O–H groups in total. The van der Waals surface area contributed by atoms with Gasteiger partial charge in [-0.2, -0.15) is 0 Å². The molecule has 0 spiro atoms. The van der Waals surface area contributed by atoms with Crippen molar-refractivity contribution >= 4 is 5.91 Å². The van der Waals surface area contributed by atoms with Gasteiger partial charge in [-0.1, -0.05) is 18.2 Å². The summed E-state index contributed by atoms with van der Waals surface area (Å²) in [7, 11) is 0. The van der Waals surface area contributed by atoms with Crippen molar-refractivity contribution in [3.63, 3.8) is 0 Å². The molecule has 2 aliphatic heterocycles. The third-order valence-corrected chi connectivity index (χ3v) is 5.07. The first-order valence-corrected chi connectivity index (χ1v) is 8.56. The Hall–Kier alpha value is -1.46. The lowest BCUT2D eigenvalue weighted by Crippen LogP contribution is -2.49. The second kappa shape index (κ2) is 7.41. The Morgan fingerprint density at radius 1 is 1.22 bits per heavy atom. The fraction of sp³-hybridized carbons (Fsp3) is 0.611. The molecule has 2 aliphatic rings. The van der Waals surface area contributed by atoms with Gasteiger partial charge in [0.15, 0.2) is 0 Å². The molecular formula is C18H25FN2O2. The standard InChI is InChI=1S/C18H25FN2O2/c19-16-7-2-1-6-15(16)12-20-9-4-8-17(20)18(23)21-10-3-5-14(11-21)13-22/h1-2,6-7,14,17,22H,3-5,8-13H2. The van der Waals surface area contributed by atoms with Crippen LogP contribution in [-0.4, -0.2) is 53.1 Å². The van der Waals surface area contributed by atoms with Crippen molar-refractivity contribution in [2.75, 3.05) is 26.2 Å². The first-order chi connectivity index (χ1) is 11.2. The lowest BCUT2D eigenvalue weighted by molar-refractivity contribution is -0.138. The summed E-state index contributed by atoms with van der Waals surface area (Å²) in [6.07, 6.45) is 3.76. The summed E-state index contributed by atoms with van der Waals surface area (Å²) < 4.78 is 13.9. The van der Waals surface area contributed by atoms with Crippen LogP contribution in [0.4, 0.5) is 4.39 Å². The zero-order valence-electron chi connectivity index (χ0n) is 13.5. The number of benzene rings is 1. The highest BCUT2D eigenvalue weighted by Gasteiger charge is 2.35. The number of nitrogens with zero attached hydrogens (tertiary/aromatic N) is 2. The summed E-state index contributed by atoms with van der Waals surface area (Å²) in [5.41, 5.74) is 0.652. The van der Waals surface area contributed by atoms with Gasteiger partial charge in [-0.05, 0) is 44.2 Å². The van der Waals surface area contributed by atoms with Gasteiger partial charge < -0.3 is 10.0 Å². The third-order valence-electron chi connectivity index (χ3n) is 5.07. The number of hydrogen-bond acceptors (Lipinski definition) is 3. The molecule has 4 nitrogen and oxygen atoms in total. The van der Waals surface area contributed by atoms with E-state index in [2.05, 4.69) is 4.90 Å². The Kier molecular flexibility index (Phi) is 5.28. The van der Waals surface area contributed by atoms with Crippen LogP contribution in [0.2, 0.25) is 0 Å². The van der Waals surface area contributed by atoms with Crippen molar-refractivity contribution in [3.05, 3.63) is 35.6 Å². The number of rotatable bonds is 4. The summed E-state index contributed by atoms with van der Waals surface area (Å²) >= 11 is 0. The normalized spacial score (nSPS) is 25.7. The van der Waals surface area contributed by atoms with E-state index in [1.807, 2.05) is 11.0 Å². The second-order valence-corrected chi connectivity index (χ2v) is 6.69. The van der Waals surface area contributed by atoms with Gasteiger partial charge in [-0.25, -0.2) is 4.39 Å². The zero-order valence-corrected chi connectivity index (χ0v) is 13.5. The highest BCUT2D eigenvalue weighted by molar-refractivity contribution is 5.82. The van der Waals surface area contributed by atoms with Crippen LogP contribution >= 0.6 is 0 Å². The molecule has 23 heavy (non-hydrogen) atoms. The fourth-order valence-corrected chi connectivity index (χ4v) is 3.77. The minimum atomic E-state index is -0.205. The summed E-state index contributed by atoms with van der Waals surface area (Å²) in [6, 6.07) is 6.64. The molecule has 2 saturated heterocycles. The molecule has 2 atom stereocenters. The number of halogens is 1. The van der Waals surface area contributed by atoms with Crippen LogP contribution in [0.15, 0.2) is 24.3 Å². The number of carbonyl (C=O) groups is 1. The third kappa shape index (κ3) is 3.72. The lowest BCUT2D eigenvalue weighted by Gasteiger charge is -2.35. The molecule has 2 unspecified atom stereocenters. The van der Waals surface area contributed by atoms with Crippen molar-refractivity contribution in [2.24, 2.45) is 5.92 Å². The van der Waals surface area contributed by atoms with E-state index in [9.17, 15) is 14.3 Å². The smallest absolute Gasteiger partial charge is 0.239 e. The quantitative estimate of drug-likeness (QED) is 0.923. The maximum absolute atomic E-state index is 13.9. The van der Waals surface area contributed by atoms with Crippen molar-refractivity contribution in [1.29, 1.82) is 0 Å². The largest absolute Gasteiger partial charge is 0.396 e. The first-order valence-electron chi connectivity index (χ1n) is 8.56. The van der Waals surface area contributed by atoms with Gasteiger partial charge in [-0.15, -0.1) is 0 Å². The van der Waals surface area contributed by atoms with E-state index >= 15 is 0 Å². The van der Waals surface area contributed by atoms with Crippen LogP contribution in [0.5, 0.6) is 0 Å². The Morgan fingerprint density at radius 2 is 2.00 bits per heavy atom. The van der Waals surface area contributed by atoms with Crippen molar-refractivity contribution < 1.29 is 14.3 Å². The summed E-state index contributed by atoms with van der Waals surface area (Å²) in [5.74, 6) is 0.148. The number of hydrogen-bond donors (Lipinski definition) is 1. The molecule has 5 heteroatoms. The predicted octanol–water partition coefficient (Wildman–Crippen LogP) is 2.02. The zero-order chi connectivity index (χ0) is 16.2. The predicted molar refractivity (Wildman–Crippen MR) is 86.2 cm³/mol. The van der Waals surface area contributed by atoms with Crippen LogP contribution in [-0.2, 0) is 11.3 Å². The van der Waals surface area contributed by atoms with Crippen molar-refractivity contribution in [3.8, 4) is 0 Å². The SMILES string of the molecule is O=C(C1CCCN1Cc1ccccc1F)N1CCCC(CO)C1. The molecule has 0 aliphatic carbocycles. The second-order valence-electron chi connectivity index (χ2n) is 6.69. The highest BCUT2D eigenvalue weighted by Crippen LogP contribution is 2.25. The van der Waals surface area contributed by atoms with Crippen molar-refractivity contribution in [2.45, 2.75) is 38.3 Å². The van der Waals surface area contributed by atoms with E-state index < -0.39 is 0 Å². The molecule has 3 rings (SSSR count). The topological polar surface area (TPSA) is 43.8 Å². The van der Waals surface area contributed by atoms with Gasteiger partial charge in [0.05, 0.1) is 6.04 Å². The van der Waals surface area contributed by atoms with Crippen molar-refractivity contribution in [1.82, 2.24) is 9.80 Å².